The van der Waals surface area contributed by atoms with Crippen LogP contribution in [0.2, 0.25) is 0 Å². The summed E-state index contributed by atoms with van der Waals surface area (Å²) in [5.74, 6) is 6.33. The van der Waals surface area contributed by atoms with Gasteiger partial charge < -0.3 is 4.74 Å². The number of hydrogen-bond acceptors (Lipinski definition) is 5. The summed E-state index contributed by atoms with van der Waals surface area (Å²) in [4.78, 5) is 8.31. The molecule has 0 spiro atoms. The molecule has 0 fully saturated rings. The number of aromatic nitrogens is 2. The summed E-state index contributed by atoms with van der Waals surface area (Å²) < 4.78 is 5.16. The Kier molecular flexibility index (Phi) is 3.86. The topological polar surface area (TPSA) is 73.1 Å². The summed E-state index contributed by atoms with van der Waals surface area (Å²) in [5, 5.41) is 0. The molecule has 1 unspecified atom stereocenters. The van der Waals surface area contributed by atoms with Crippen LogP contribution in [0, 0.1) is 6.92 Å². The molecule has 3 N–H and O–H groups in total. The lowest BCUT2D eigenvalue weighted by Gasteiger charge is -2.17. The second-order valence-corrected chi connectivity index (χ2v) is 4.05. The summed E-state index contributed by atoms with van der Waals surface area (Å²) >= 11 is 0. The molecule has 2 rings (SSSR count). The van der Waals surface area contributed by atoms with Crippen molar-refractivity contribution >= 4 is 0 Å². The molecule has 2 aromatic rings. The van der Waals surface area contributed by atoms with E-state index in [4.69, 9.17) is 10.6 Å². The van der Waals surface area contributed by atoms with Crippen LogP contribution in [0.4, 0.5) is 0 Å². The predicted molar refractivity (Wildman–Crippen MR) is 68.9 cm³/mol. The molecule has 0 amide bonds. The Hall–Kier alpha value is -1.98. The summed E-state index contributed by atoms with van der Waals surface area (Å²) in [6.07, 6.45) is 7.01. The van der Waals surface area contributed by atoms with Gasteiger partial charge in [-0.05, 0) is 29.7 Å². The van der Waals surface area contributed by atoms with Crippen molar-refractivity contribution in [3.05, 3.63) is 53.6 Å². The third kappa shape index (κ3) is 2.64. The summed E-state index contributed by atoms with van der Waals surface area (Å²) in [6.45, 7) is 1.99. The average Bonchev–Trinajstić information content (AvgIpc) is 2.40. The van der Waals surface area contributed by atoms with Crippen molar-refractivity contribution in [2.45, 2.75) is 13.0 Å². The predicted octanol–water partition coefficient (Wildman–Crippen LogP) is 1.35. The largest absolute Gasteiger partial charge is 0.495 e. The fourth-order valence-corrected chi connectivity index (χ4v) is 1.83. The number of methoxy groups -OCH3 is 1. The Morgan fingerprint density at radius 2 is 1.78 bits per heavy atom. The molecule has 0 saturated heterocycles. The monoisotopic (exact) mass is 244 g/mol. The van der Waals surface area contributed by atoms with Gasteiger partial charge in [0.1, 0.15) is 5.75 Å². The molecule has 5 heteroatoms. The lowest BCUT2D eigenvalue weighted by molar-refractivity contribution is 0.411. The van der Waals surface area contributed by atoms with Crippen LogP contribution in [-0.4, -0.2) is 17.1 Å². The molecule has 0 aromatic carbocycles. The van der Waals surface area contributed by atoms with Crippen LogP contribution in [0.25, 0.3) is 0 Å². The fourth-order valence-electron chi connectivity index (χ4n) is 1.83. The van der Waals surface area contributed by atoms with Gasteiger partial charge in [0.05, 0.1) is 19.3 Å². The van der Waals surface area contributed by atoms with Gasteiger partial charge in [-0.1, -0.05) is 6.07 Å². The highest BCUT2D eigenvalue weighted by atomic mass is 16.5. The molecule has 2 aromatic heterocycles. The molecule has 0 aliphatic rings. The molecular weight excluding hydrogens is 228 g/mol. The van der Waals surface area contributed by atoms with Crippen molar-refractivity contribution in [2.75, 3.05) is 7.11 Å². The number of hydrogen-bond donors (Lipinski definition) is 2. The zero-order valence-electron chi connectivity index (χ0n) is 10.4. The second-order valence-electron chi connectivity index (χ2n) is 4.05. The Labute approximate surface area is 106 Å². The Morgan fingerprint density at radius 1 is 1.11 bits per heavy atom. The van der Waals surface area contributed by atoms with Crippen molar-refractivity contribution < 1.29 is 4.74 Å². The van der Waals surface area contributed by atoms with E-state index < -0.39 is 0 Å². The van der Waals surface area contributed by atoms with Gasteiger partial charge in [-0.2, -0.15) is 0 Å². The van der Waals surface area contributed by atoms with Gasteiger partial charge in [-0.15, -0.1) is 0 Å². The highest BCUT2D eigenvalue weighted by Gasteiger charge is 2.14. The molecule has 2 heterocycles. The normalized spacial score (nSPS) is 12.2. The molecule has 0 aliphatic carbocycles. The van der Waals surface area contributed by atoms with Gasteiger partial charge in [-0.3, -0.25) is 15.8 Å². The first-order valence-corrected chi connectivity index (χ1v) is 5.61. The van der Waals surface area contributed by atoms with E-state index in [2.05, 4.69) is 15.4 Å². The van der Waals surface area contributed by atoms with E-state index in [1.165, 1.54) is 0 Å². The summed E-state index contributed by atoms with van der Waals surface area (Å²) in [6, 6.07) is 3.79. The maximum atomic E-state index is 5.63. The number of rotatable bonds is 4. The number of ether oxygens (including phenoxy) is 1. The lowest BCUT2D eigenvalue weighted by Crippen LogP contribution is -2.29. The van der Waals surface area contributed by atoms with Gasteiger partial charge in [0.2, 0.25) is 0 Å². The molecule has 5 nitrogen and oxygen atoms in total. The molecule has 0 aliphatic heterocycles. The Balaban J connectivity index is 2.38. The average molecular weight is 244 g/mol. The molecule has 18 heavy (non-hydrogen) atoms. The minimum absolute atomic E-state index is 0.153. The third-order valence-corrected chi connectivity index (χ3v) is 2.70. The number of aryl methyl sites for hydroxylation is 1. The highest BCUT2D eigenvalue weighted by molar-refractivity contribution is 5.33. The molecular formula is C13H16N4O. The van der Waals surface area contributed by atoms with Crippen molar-refractivity contribution in [1.82, 2.24) is 15.4 Å². The van der Waals surface area contributed by atoms with Crippen molar-refractivity contribution in [2.24, 2.45) is 5.84 Å². The first kappa shape index (κ1) is 12.5. The number of hydrazine groups is 1. The van der Waals surface area contributed by atoms with Crippen LogP contribution in [0.3, 0.4) is 0 Å². The van der Waals surface area contributed by atoms with Gasteiger partial charge in [0, 0.05) is 18.6 Å². The van der Waals surface area contributed by atoms with Crippen LogP contribution < -0.4 is 16.0 Å². The third-order valence-electron chi connectivity index (χ3n) is 2.70. The minimum Gasteiger partial charge on any atom is -0.495 e. The van der Waals surface area contributed by atoms with Crippen LogP contribution in [0.1, 0.15) is 22.7 Å². The van der Waals surface area contributed by atoms with Gasteiger partial charge in [0.25, 0.3) is 0 Å². The quantitative estimate of drug-likeness (QED) is 0.627. The van der Waals surface area contributed by atoms with E-state index in [1.54, 1.807) is 31.9 Å². The SMILES string of the molecule is COc1cncc(C(NN)c2cncc(C)c2)c1. The number of nitrogens with one attached hydrogen (secondary N) is 1. The van der Waals surface area contributed by atoms with Gasteiger partial charge >= 0.3 is 0 Å². The van der Waals surface area contributed by atoms with Crippen molar-refractivity contribution in [3.8, 4) is 5.75 Å². The number of nitrogens with two attached hydrogens (primary N) is 1. The number of nitrogens with zero attached hydrogens (tertiary/aromatic N) is 2. The Bertz CT molecular complexity index is 530. The highest BCUT2D eigenvalue weighted by Crippen LogP contribution is 2.23. The maximum Gasteiger partial charge on any atom is 0.137 e. The van der Waals surface area contributed by atoms with Crippen molar-refractivity contribution in [1.29, 1.82) is 0 Å². The molecule has 0 radical (unpaired) electrons. The zero-order chi connectivity index (χ0) is 13.0. The first-order chi connectivity index (χ1) is 8.74. The van der Waals surface area contributed by atoms with Crippen LogP contribution in [-0.2, 0) is 0 Å². The van der Waals surface area contributed by atoms with Crippen LogP contribution in [0.5, 0.6) is 5.75 Å². The lowest BCUT2D eigenvalue weighted by atomic mass is 10.0. The van der Waals surface area contributed by atoms with E-state index in [0.717, 1.165) is 16.7 Å². The summed E-state index contributed by atoms with van der Waals surface area (Å²) in [5.41, 5.74) is 5.79. The standard InChI is InChI=1S/C13H16N4O/c1-9-3-10(6-15-5-9)13(17-14)11-4-12(18-2)8-16-7-11/h3-8,13,17H,14H2,1-2H3. The van der Waals surface area contributed by atoms with E-state index in [0.29, 0.717) is 5.75 Å². The second kappa shape index (κ2) is 5.57. The van der Waals surface area contributed by atoms with E-state index in [1.807, 2.05) is 19.1 Å². The van der Waals surface area contributed by atoms with Crippen molar-refractivity contribution in [3.63, 3.8) is 0 Å². The first-order valence-electron chi connectivity index (χ1n) is 5.61. The zero-order valence-corrected chi connectivity index (χ0v) is 10.4. The molecule has 94 valence electrons. The van der Waals surface area contributed by atoms with E-state index >= 15 is 0 Å². The fraction of sp³-hybridized carbons (Fsp3) is 0.231. The molecule has 0 saturated carbocycles. The van der Waals surface area contributed by atoms with Gasteiger partial charge in [-0.25, -0.2) is 5.43 Å². The molecule has 0 bridgehead atoms. The van der Waals surface area contributed by atoms with E-state index in [9.17, 15) is 0 Å². The maximum absolute atomic E-state index is 5.63. The van der Waals surface area contributed by atoms with Crippen LogP contribution >= 0.6 is 0 Å². The van der Waals surface area contributed by atoms with Gasteiger partial charge in [0.15, 0.2) is 0 Å². The van der Waals surface area contributed by atoms with Crippen LogP contribution in [0.15, 0.2) is 36.9 Å². The summed E-state index contributed by atoms with van der Waals surface area (Å²) in [7, 11) is 1.61. The Morgan fingerprint density at radius 3 is 2.39 bits per heavy atom. The smallest absolute Gasteiger partial charge is 0.137 e. The minimum atomic E-state index is -0.153. The van der Waals surface area contributed by atoms with E-state index in [-0.39, 0.29) is 6.04 Å². The molecule has 1 atom stereocenters. The number of pyridine rings is 2.